The quantitative estimate of drug-likeness (QED) is 0.669. The highest BCUT2D eigenvalue weighted by Crippen LogP contribution is 2.35. The number of ether oxygens (including phenoxy) is 1. The second kappa shape index (κ2) is 3.01. The van der Waals surface area contributed by atoms with Gasteiger partial charge in [-0.3, -0.25) is 4.79 Å². The summed E-state index contributed by atoms with van der Waals surface area (Å²) in [5.74, 6) is -1.27. The van der Waals surface area contributed by atoms with E-state index in [0.717, 1.165) is 0 Å². The Morgan fingerprint density at radius 2 is 2.21 bits per heavy atom. The summed E-state index contributed by atoms with van der Waals surface area (Å²) in [7, 11) is 0. The van der Waals surface area contributed by atoms with Crippen molar-refractivity contribution in [3.05, 3.63) is 11.8 Å². The van der Waals surface area contributed by atoms with E-state index in [9.17, 15) is 9.59 Å². The molecular formula is C9H11NO4. The lowest BCUT2D eigenvalue weighted by molar-refractivity contribution is -0.142. The number of amides is 1. The summed E-state index contributed by atoms with van der Waals surface area (Å²) in [6.45, 7) is 0.503. The molecule has 2 rings (SSSR count). The molecule has 0 radical (unpaired) electrons. The SMILES string of the molecule is O=C(NC1(C(=O)O)CC1)C1=COCC1. The molecule has 1 heterocycles. The first-order valence-electron chi connectivity index (χ1n) is 4.51. The molecule has 1 amide bonds. The maximum Gasteiger partial charge on any atom is 0.329 e. The van der Waals surface area contributed by atoms with Crippen molar-refractivity contribution in [1.82, 2.24) is 5.32 Å². The van der Waals surface area contributed by atoms with E-state index in [2.05, 4.69) is 5.32 Å². The van der Waals surface area contributed by atoms with Crippen LogP contribution in [-0.2, 0) is 14.3 Å². The van der Waals surface area contributed by atoms with Crippen LogP contribution in [0.1, 0.15) is 19.3 Å². The van der Waals surface area contributed by atoms with Gasteiger partial charge in [0.15, 0.2) is 0 Å². The molecule has 0 unspecified atom stereocenters. The van der Waals surface area contributed by atoms with Crippen LogP contribution in [0.15, 0.2) is 11.8 Å². The Morgan fingerprint density at radius 1 is 1.50 bits per heavy atom. The van der Waals surface area contributed by atoms with E-state index in [4.69, 9.17) is 9.84 Å². The third-order valence-electron chi connectivity index (χ3n) is 2.52. The molecule has 76 valence electrons. The van der Waals surface area contributed by atoms with E-state index in [1.165, 1.54) is 6.26 Å². The fourth-order valence-electron chi connectivity index (χ4n) is 1.37. The van der Waals surface area contributed by atoms with Crippen LogP contribution in [0.25, 0.3) is 0 Å². The molecule has 0 aromatic carbocycles. The highest BCUT2D eigenvalue weighted by Gasteiger charge is 2.51. The third-order valence-corrected chi connectivity index (χ3v) is 2.52. The number of carbonyl (C=O) groups excluding carboxylic acids is 1. The van der Waals surface area contributed by atoms with Gasteiger partial charge in [0.2, 0.25) is 0 Å². The molecule has 5 nitrogen and oxygen atoms in total. The van der Waals surface area contributed by atoms with Gasteiger partial charge in [-0.25, -0.2) is 4.79 Å². The zero-order valence-electron chi connectivity index (χ0n) is 7.58. The van der Waals surface area contributed by atoms with Crippen molar-refractivity contribution < 1.29 is 19.4 Å². The van der Waals surface area contributed by atoms with Gasteiger partial charge in [0.05, 0.1) is 18.4 Å². The van der Waals surface area contributed by atoms with Crippen LogP contribution in [0.5, 0.6) is 0 Å². The van der Waals surface area contributed by atoms with E-state index in [-0.39, 0.29) is 5.91 Å². The highest BCUT2D eigenvalue weighted by atomic mass is 16.5. The van der Waals surface area contributed by atoms with Crippen molar-refractivity contribution in [1.29, 1.82) is 0 Å². The molecule has 1 aliphatic carbocycles. The minimum atomic E-state index is -0.999. The van der Waals surface area contributed by atoms with Crippen LogP contribution in [0, 0.1) is 0 Å². The Morgan fingerprint density at radius 3 is 2.64 bits per heavy atom. The summed E-state index contributed by atoms with van der Waals surface area (Å²) in [4.78, 5) is 22.3. The van der Waals surface area contributed by atoms with Gasteiger partial charge < -0.3 is 15.2 Å². The van der Waals surface area contributed by atoms with E-state index in [1.807, 2.05) is 0 Å². The molecular weight excluding hydrogens is 186 g/mol. The second-order valence-corrected chi connectivity index (χ2v) is 3.61. The minimum absolute atomic E-state index is 0.317. The number of carbonyl (C=O) groups is 2. The second-order valence-electron chi connectivity index (χ2n) is 3.61. The zero-order chi connectivity index (χ0) is 10.2. The average Bonchev–Trinajstić information content (AvgIpc) is 2.74. The molecule has 0 aromatic heterocycles. The van der Waals surface area contributed by atoms with E-state index in [0.29, 0.717) is 31.4 Å². The lowest BCUT2D eigenvalue weighted by Gasteiger charge is -2.11. The van der Waals surface area contributed by atoms with Crippen LogP contribution >= 0.6 is 0 Å². The van der Waals surface area contributed by atoms with Crippen molar-refractivity contribution in [3.63, 3.8) is 0 Å². The molecule has 0 bridgehead atoms. The lowest BCUT2D eigenvalue weighted by Crippen LogP contribution is -2.43. The van der Waals surface area contributed by atoms with Gasteiger partial charge in [-0.15, -0.1) is 0 Å². The number of hydrogen-bond acceptors (Lipinski definition) is 3. The first-order valence-corrected chi connectivity index (χ1v) is 4.51. The van der Waals surface area contributed by atoms with Crippen molar-refractivity contribution in [3.8, 4) is 0 Å². The molecule has 5 heteroatoms. The first kappa shape index (κ1) is 9.05. The number of rotatable bonds is 3. The molecule has 0 atom stereocenters. The van der Waals surface area contributed by atoms with Gasteiger partial charge in [-0.1, -0.05) is 0 Å². The Balaban J connectivity index is 1.98. The predicted molar refractivity (Wildman–Crippen MR) is 46.4 cm³/mol. The van der Waals surface area contributed by atoms with Crippen LogP contribution in [0.2, 0.25) is 0 Å². The predicted octanol–water partition coefficient (Wildman–Crippen LogP) is 0.0240. The molecule has 2 N–H and O–H groups in total. The average molecular weight is 197 g/mol. The van der Waals surface area contributed by atoms with Gasteiger partial charge >= 0.3 is 5.97 Å². The topological polar surface area (TPSA) is 75.6 Å². The molecule has 0 saturated heterocycles. The van der Waals surface area contributed by atoms with Crippen molar-refractivity contribution in [2.24, 2.45) is 0 Å². The number of carboxylic acids is 1. The highest BCUT2D eigenvalue weighted by molar-refractivity contribution is 5.98. The summed E-state index contributed by atoms with van der Waals surface area (Å²) in [5, 5.41) is 11.4. The van der Waals surface area contributed by atoms with Crippen molar-refractivity contribution in [2.75, 3.05) is 6.61 Å². The minimum Gasteiger partial charge on any atom is -0.500 e. The fraction of sp³-hybridized carbons (Fsp3) is 0.556. The maximum atomic E-state index is 11.5. The molecule has 1 saturated carbocycles. The summed E-state index contributed by atoms with van der Waals surface area (Å²) in [5.41, 5.74) is -0.474. The van der Waals surface area contributed by atoms with E-state index in [1.54, 1.807) is 0 Å². The van der Waals surface area contributed by atoms with Gasteiger partial charge in [-0.05, 0) is 12.8 Å². The van der Waals surface area contributed by atoms with Gasteiger partial charge in [0, 0.05) is 6.42 Å². The number of aliphatic carboxylic acids is 1. The van der Waals surface area contributed by atoms with E-state index >= 15 is 0 Å². The van der Waals surface area contributed by atoms with Gasteiger partial charge in [0.25, 0.3) is 5.91 Å². The number of carboxylic acid groups (broad SMARTS) is 1. The standard InChI is InChI=1S/C9H11NO4/c11-7(6-1-4-14-5-6)10-9(2-3-9)8(12)13/h5H,1-4H2,(H,10,11)(H,12,13). The fourth-order valence-corrected chi connectivity index (χ4v) is 1.37. The maximum absolute atomic E-state index is 11.5. The Kier molecular flexibility index (Phi) is 1.94. The van der Waals surface area contributed by atoms with Gasteiger partial charge in [0.1, 0.15) is 5.54 Å². The summed E-state index contributed by atoms with van der Waals surface area (Å²) < 4.78 is 4.90. The summed E-state index contributed by atoms with van der Waals surface area (Å²) in [6, 6.07) is 0. The molecule has 2 aliphatic rings. The summed E-state index contributed by atoms with van der Waals surface area (Å²) >= 11 is 0. The Labute approximate surface area is 80.7 Å². The third kappa shape index (κ3) is 1.45. The Bertz CT molecular complexity index is 317. The first-order chi connectivity index (χ1) is 6.64. The van der Waals surface area contributed by atoms with Crippen molar-refractivity contribution in [2.45, 2.75) is 24.8 Å². The van der Waals surface area contributed by atoms with Crippen LogP contribution in [0.4, 0.5) is 0 Å². The smallest absolute Gasteiger partial charge is 0.329 e. The molecule has 14 heavy (non-hydrogen) atoms. The molecule has 0 aromatic rings. The van der Waals surface area contributed by atoms with Crippen LogP contribution < -0.4 is 5.32 Å². The molecule has 1 aliphatic heterocycles. The Hall–Kier alpha value is -1.52. The number of nitrogens with one attached hydrogen (secondary N) is 1. The van der Waals surface area contributed by atoms with E-state index < -0.39 is 11.5 Å². The van der Waals surface area contributed by atoms with Crippen LogP contribution in [0.3, 0.4) is 0 Å². The summed E-state index contributed by atoms with van der Waals surface area (Å²) in [6.07, 6.45) is 2.99. The zero-order valence-corrected chi connectivity index (χ0v) is 7.58. The largest absolute Gasteiger partial charge is 0.500 e. The monoisotopic (exact) mass is 197 g/mol. The molecule has 0 spiro atoms. The van der Waals surface area contributed by atoms with Crippen LogP contribution in [-0.4, -0.2) is 29.1 Å². The number of hydrogen-bond donors (Lipinski definition) is 2. The lowest BCUT2D eigenvalue weighted by atomic mass is 10.2. The van der Waals surface area contributed by atoms with Crippen molar-refractivity contribution >= 4 is 11.9 Å². The van der Waals surface area contributed by atoms with Gasteiger partial charge in [-0.2, -0.15) is 0 Å². The molecule has 1 fully saturated rings. The normalized spacial score (nSPS) is 22.1.